The topological polar surface area (TPSA) is 46.0 Å². The van der Waals surface area contributed by atoms with Crippen LogP contribution < -0.4 is 0 Å². The maximum Gasteiger partial charge on any atom is 0.0808 e. The first-order valence-corrected chi connectivity index (χ1v) is 5.33. The molecule has 0 radical (unpaired) electrons. The van der Waals surface area contributed by atoms with Gasteiger partial charge in [-0.3, -0.25) is 9.97 Å². The number of aliphatic hydroxyl groups is 1. The highest BCUT2D eigenvalue weighted by Gasteiger charge is 2.06. The maximum atomic E-state index is 9.93. The number of aliphatic hydroxyl groups excluding tert-OH is 1. The Labute approximate surface area is 94.8 Å². The lowest BCUT2D eigenvalue weighted by Gasteiger charge is -2.09. The van der Waals surface area contributed by atoms with Crippen molar-refractivity contribution in [1.82, 2.24) is 9.97 Å². The summed E-state index contributed by atoms with van der Waals surface area (Å²) in [6.45, 7) is 0. The van der Waals surface area contributed by atoms with Gasteiger partial charge in [-0.2, -0.15) is 0 Å². The van der Waals surface area contributed by atoms with Gasteiger partial charge in [0.1, 0.15) is 0 Å². The van der Waals surface area contributed by atoms with Gasteiger partial charge < -0.3 is 5.11 Å². The van der Waals surface area contributed by atoms with Crippen LogP contribution >= 0.6 is 0 Å². The van der Waals surface area contributed by atoms with Crippen LogP contribution in [-0.4, -0.2) is 15.1 Å². The molecule has 1 atom stereocenters. The monoisotopic (exact) mass is 214 g/mol. The zero-order valence-corrected chi connectivity index (χ0v) is 8.95. The number of nitrogens with zero attached hydrogens (tertiary/aromatic N) is 2. The fourth-order valence-corrected chi connectivity index (χ4v) is 1.59. The van der Waals surface area contributed by atoms with Gasteiger partial charge in [0.2, 0.25) is 0 Å². The van der Waals surface area contributed by atoms with Crippen molar-refractivity contribution in [3.63, 3.8) is 0 Å². The Morgan fingerprint density at radius 2 is 1.88 bits per heavy atom. The Morgan fingerprint density at radius 3 is 2.56 bits per heavy atom. The van der Waals surface area contributed by atoms with Gasteiger partial charge >= 0.3 is 0 Å². The van der Waals surface area contributed by atoms with E-state index in [4.69, 9.17) is 0 Å². The van der Waals surface area contributed by atoms with Crippen LogP contribution in [0.25, 0.3) is 0 Å². The third-order valence-electron chi connectivity index (χ3n) is 2.52. The number of aromatic nitrogens is 2. The highest BCUT2D eigenvalue weighted by Crippen LogP contribution is 2.17. The van der Waals surface area contributed by atoms with Crippen molar-refractivity contribution < 1.29 is 5.11 Å². The Kier molecular flexibility index (Phi) is 3.62. The minimum Gasteiger partial charge on any atom is -0.388 e. The van der Waals surface area contributed by atoms with Gasteiger partial charge in [-0.05, 0) is 42.2 Å². The molecule has 2 aromatic heterocycles. The van der Waals surface area contributed by atoms with Crippen LogP contribution in [-0.2, 0) is 6.42 Å². The molecule has 0 spiro atoms. The van der Waals surface area contributed by atoms with E-state index in [9.17, 15) is 5.11 Å². The van der Waals surface area contributed by atoms with Gasteiger partial charge in [-0.25, -0.2) is 0 Å². The predicted octanol–water partition coefficient (Wildman–Crippen LogP) is 2.14. The summed E-state index contributed by atoms with van der Waals surface area (Å²) in [5.74, 6) is 0. The molecule has 16 heavy (non-hydrogen) atoms. The smallest absolute Gasteiger partial charge is 0.0808 e. The van der Waals surface area contributed by atoms with Gasteiger partial charge in [0.25, 0.3) is 0 Å². The first kappa shape index (κ1) is 10.8. The molecule has 2 aromatic rings. The van der Waals surface area contributed by atoms with Crippen LogP contribution in [0.4, 0.5) is 0 Å². The van der Waals surface area contributed by atoms with Crippen LogP contribution in [0, 0.1) is 0 Å². The molecule has 3 heteroatoms. The van der Waals surface area contributed by atoms with E-state index >= 15 is 0 Å². The average Bonchev–Trinajstić information content (AvgIpc) is 2.38. The predicted molar refractivity (Wildman–Crippen MR) is 61.8 cm³/mol. The summed E-state index contributed by atoms with van der Waals surface area (Å²) in [5.41, 5.74) is 2.06. The average molecular weight is 214 g/mol. The Bertz CT molecular complexity index is 416. The number of pyridine rings is 2. The van der Waals surface area contributed by atoms with Crippen LogP contribution in [0.3, 0.4) is 0 Å². The third-order valence-corrected chi connectivity index (χ3v) is 2.52. The van der Waals surface area contributed by atoms with Gasteiger partial charge in [0.15, 0.2) is 0 Å². The summed E-state index contributed by atoms with van der Waals surface area (Å²) in [6.07, 6.45) is 8.06. The van der Waals surface area contributed by atoms with E-state index in [1.54, 1.807) is 24.8 Å². The molecule has 0 aromatic carbocycles. The highest BCUT2D eigenvalue weighted by atomic mass is 16.3. The van der Waals surface area contributed by atoms with E-state index in [0.717, 1.165) is 12.0 Å². The largest absolute Gasteiger partial charge is 0.388 e. The highest BCUT2D eigenvalue weighted by molar-refractivity contribution is 5.14. The number of hydrogen-bond acceptors (Lipinski definition) is 3. The molecule has 0 aliphatic rings. The Hall–Kier alpha value is -1.74. The van der Waals surface area contributed by atoms with Crippen LogP contribution in [0.1, 0.15) is 23.7 Å². The summed E-state index contributed by atoms with van der Waals surface area (Å²) in [4.78, 5) is 7.95. The second kappa shape index (κ2) is 5.37. The van der Waals surface area contributed by atoms with Crippen LogP contribution in [0.2, 0.25) is 0 Å². The molecule has 0 fully saturated rings. The summed E-state index contributed by atoms with van der Waals surface area (Å²) < 4.78 is 0. The lowest BCUT2D eigenvalue weighted by atomic mass is 10.0. The quantitative estimate of drug-likeness (QED) is 0.848. The zero-order chi connectivity index (χ0) is 11.2. The van der Waals surface area contributed by atoms with Crippen molar-refractivity contribution >= 4 is 0 Å². The molecule has 0 amide bonds. The summed E-state index contributed by atoms with van der Waals surface area (Å²) >= 11 is 0. The maximum absolute atomic E-state index is 9.93. The lowest BCUT2D eigenvalue weighted by molar-refractivity contribution is 0.167. The second-order valence-electron chi connectivity index (χ2n) is 3.70. The van der Waals surface area contributed by atoms with Crippen LogP contribution in [0.5, 0.6) is 0 Å². The van der Waals surface area contributed by atoms with E-state index < -0.39 is 6.10 Å². The SMILES string of the molecule is OC(CCc1ccncc1)c1cccnc1. The summed E-state index contributed by atoms with van der Waals surface area (Å²) in [7, 11) is 0. The van der Waals surface area contributed by atoms with E-state index in [1.165, 1.54) is 5.56 Å². The lowest BCUT2D eigenvalue weighted by Crippen LogP contribution is -2.00. The Morgan fingerprint density at radius 1 is 1.06 bits per heavy atom. The van der Waals surface area contributed by atoms with Crippen molar-refractivity contribution in [3.05, 3.63) is 60.2 Å². The minimum absolute atomic E-state index is 0.443. The molecular formula is C13H14N2O. The van der Waals surface area contributed by atoms with E-state index in [-0.39, 0.29) is 0 Å². The van der Waals surface area contributed by atoms with Crippen molar-refractivity contribution in [1.29, 1.82) is 0 Å². The molecule has 0 saturated heterocycles. The minimum atomic E-state index is -0.443. The van der Waals surface area contributed by atoms with Crippen molar-refractivity contribution in [3.8, 4) is 0 Å². The molecule has 3 nitrogen and oxygen atoms in total. The fraction of sp³-hybridized carbons (Fsp3) is 0.231. The van der Waals surface area contributed by atoms with Gasteiger partial charge in [0, 0.05) is 24.8 Å². The van der Waals surface area contributed by atoms with Crippen molar-refractivity contribution in [2.45, 2.75) is 18.9 Å². The molecule has 2 heterocycles. The Balaban J connectivity index is 1.92. The van der Waals surface area contributed by atoms with E-state index in [1.807, 2.05) is 24.3 Å². The molecule has 1 unspecified atom stereocenters. The molecule has 0 saturated carbocycles. The molecule has 0 bridgehead atoms. The molecule has 1 N–H and O–H groups in total. The van der Waals surface area contributed by atoms with Crippen molar-refractivity contribution in [2.75, 3.05) is 0 Å². The van der Waals surface area contributed by atoms with Gasteiger partial charge in [-0.15, -0.1) is 0 Å². The van der Waals surface area contributed by atoms with E-state index in [2.05, 4.69) is 9.97 Å². The second-order valence-corrected chi connectivity index (χ2v) is 3.70. The molecular weight excluding hydrogens is 200 g/mol. The van der Waals surface area contributed by atoms with Gasteiger partial charge in [-0.1, -0.05) is 6.07 Å². The third kappa shape index (κ3) is 2.87. The molecule has 0 aliphatic carbocycles. The normalized spacial score (nSPS) is 12.3. The zero-order valence-electron chi connectivity index (χ0n) is 8.95. The molecule has 0 aliphatic heterocycles. The fourth-order valence-electron chi connectivity index (χ4n) is 1.59. The van der Waals surface area contributed by atoms with Crippen molar-refractivity contribution in [2.24, 2.45) is 0 Å². The number of aryl methyl sites for hydroxylation is 1. The number of hydrogen-bond donors (Lipinski definition) is 1. The first-order chi connectivity index (χ1) is 7.86. The molecule has 82 valence electrons. The number of rotatable bonds is 4. The van der Waals surface area contributed by atoms with Gasteiger partial charge in [0.05, 0.1) is 6.10 Å². The van der Waals surface area contributed by atoms with Crippen LogP contribution in [0.15, 0.2) is 49.1 Å². The standard InChI is InChI=1S/C13H14N2O/c16-13(12-2-1-7-15-10-12)4-3-11-5-8-14-9-6-11/h1-2,5-10,13,16H,3-4H2. The summed E-state index contributed by atoms with van der Waals surface area (Å²) in [6, 6.07) is 7.67. The first-order valence-electron chi connectivity index (χ1n) is 5.33. The van der Waals surface area contributed by atoms with E-state index in [0.29, 0.717) is 6.42 Å². The summed E-state index contributed by atoms with van der Waals surface area (Å²) in [5, 5.41) is 9.93. The molecule has 2 rings (SSSR count).